The van der Waals surface area contributed by atoms with Crippen LogP contribution < -0.4 is 0 Å². The Bertz CT molecular complexity index is 495. The molecule has 0 heterocycles. The van der Waals surface area contributed by atoms with Gasteiger partial charge in [-0.15, -0.1) is 0 Å². The molecule has 1 atom stereocenters. The fourth-order valence-corrected chi connectivity index (χ4v) is 1.85. The zero-order valence-corrected chi connectivity index (χ0v) is 10.7. The van der Waals surface area contributed by atoms with Crippen LogP contribution in [0.1, 0.15) is 5.56 Å². The predicted octanol–water partition coefficient (Wildman–Crippen LogP) is 2.35. The van der Waals surface area contributed by atoms with Crippen molar-refractivity contribution < 1.29 is 23.2 Å². The van der Waals surface area contributed by atoms with E-state index >= 15 is 0 Å². The lowest BCUT2D eigenvalue weighted by atomic mass is 10.1. The van der Waals surface area contributed by atoms with Gasteiger partial charge in [-0.05, 0) is 6.07 Å². The highest BCUT2D eigenvalue weighted by atomic mass is 79.9. The Hall–Kier alpha value is -1.57. The molecule has 0 fully saturated rings. The number of alkyl halides is 1. The number of halogens is 3. The second kappa shape index (κ2) is 5.85. The van der Waals surface area contributed by atoms with Crippen LogP contribution in [0.4, 0.5) is 14.5 Å². The summed E-state index contributed by atoms with van der Waals surface area (Å²) in [5.74, 6) is -3.27. The predicted molar refractivity (Wildman–Crippen MR) is 61.4 cm³/mol. The molecule has 5 nitrogen and oxygen atoms in total. The standard InChI is InChI=1S/C10H8BrF2NO4/c1-18-10(15)6(11)4-5-8(14(16)17)3-2-7(12)9(5)13/h2-3,6H,4H2,1H3. The summed E-state index contributed by atoms with van der Waals surface area (Å²) in [7, 11) is 1.12. The van der Waals surface area contributed by atoms with Gasteiger partial charge in [-0.25, -0.2) is 8.78 Å². The Labute approximate surface area is 109 Å². The number of rotatable bonds is 4. The van der Waals surface area contributed by atoms with Crippen molar-refractivity contribution in [1.82, 2.24) is 0 Å². The van der Waals surface area contributed by atoms with Crippen molar-refractivity contribution >= 4 is 27.6 Å². The van der Waals surface area contributed by atoms with E-state index in [1.165, 1.54) is 0 Å². The number of nitrogens with zero attached hydrogens (tertiary/aromatic N) is 1. The zero-order valence-electron chi connectivity index (χ0n) is 9.15. The van der Waals surface area contributed by atoms with Crippen molar-refractivity contribution in [2.45, 2.75) is 11.2 Å². The molecule has 1 aromatic rings. The van der Waals surface area contributed by atoms with Crippen LogP contribution in [0.15, 0.2) is 12.1 Å². The number of hydrogen-bond donors (Lipinski definition) is 0. The first kappa shape index (κ1) is 14.5. The summed E-state index contributed by atoms with van der Waals surface area (Å²) in [6.07, 6.45) is -0.382. The number of ether oxygens (including phenoxy) is 1. The molecule has 0 N–H and O–H groups in total. The Morgan fingerprint density at radius 3 is 2.67 bits per heavy atom. The number of hydrogen-bond acceptors (Lipinski definition) is 4. The highest BCUT2D eigenvalue weighted by Gasteiger charge is 2.26. The van der Waals surface area contributed by atoms with Crippen molar-refractivity contribution in [3.63, 3.8) is 0 Å². The van der Waals surface area contributed by atoms with Gasteiger partial charge in [0.2, 0.25) is 0 Å². The molecule has 0 saturated carbocycles. The molecule has 1 aromatic carbocycles. The maximum Gasteiger partial charge on any atom is 0.319 e. The number of benzene rings is 1. The molecule has 0 saturated heterocycles. The maximum absolute atomic E-state index is 13.5. The van der Waals surface area contributed by atoms with Gasteiger partial charge in [0.15, 0.2) is 11.6 Å². The van der Waals surface area contributed by atoms with Crippen molar-refractivity contribution in [3.05, 3.63) is 39.4 Å². The minimum Gasteiger partial charge on any atom is -0.468 e. The van der Waals surface area contributed by atoms with E-state index in [9.17, 15) is 23.7 Å². The number of esters is 1. The highest BCUT2D eigenvalue weighted by molar-refractivity contribution is 9.10. The molecular formula is C10H8BrF2NO4. The summed E-state index contributed by atoms with van der Waals surface area (Å²) in [5, 5.41) is 10.7. The number of carbonyl (C=O) groups excluding carboxylic acids is 1. The highest BCUT2D eigenvalue weighted by Crippen LogP contribution is 2.26. The Kier molecular flexibility index (Phi) is 4.71. The summed E-state index contributed by atoms with van der Waals surface area (Å²) in [4.78, 5) is 20.0. The number of nitro groups is 1. The molecule has 0 radical (unpaired) electrons. The molecule has 0 aliphatic heterocycles. The minimum atomic E-state index is -1.34. The number of methoxy groups -OCH3 is 1. The van der Waals surface area contributed by atoms with E-state index in [1.54, 1.807) is 0 Å². The first-order chi connectivity index (χ1) is 8.38. The van der Waals surface area contributed by atoms with Gasteiger partial charge in [0.1, 0.15) is 4.83 Å². The lowest BCUT2D eigenvalue weighted by Crippen LogP contribution is -2.19. The smallest absolute Gasteiger partial charge is 0.319 e. The Morgan fingerprint density at radius 1 is 1.56 bits per heavy atom. The zero-order chi connectivity index (χ0) is 13.9. The second-order valence-electron chi connectivity index (χ2n) is 3.31. The van der Waals surface area contributed by atoms with Crippen LogP contribution in [0.5, 0.6) is 0 Å². The van der Waals surface area contributed by atoms with Gasteiger partial charge in [0.05, 0.1) is 17.6 Å². The molecule has 0 aliphatic carbocycles. The molecule has 0 aliphatic rings. The van der Waals surface area contributed by atoms with E-state index in [0.29, 0.717) is 6.07 Å². The van der Waals surface area contributed by atoms with E-state index in [1.807, 2.05) is 0 Å². The lowest BCUT2D eigenvalue weighted by Gasteiger charge is -2.09. The number of carbonyl (C=O) groups is 1. The quantitative estimate of drug-likeness (QED) is 0.369. The van der Waals surface area contributed by atoms with E-state index in [2.05, 4.69) is 20.7 Å². The molecular weight excluding hydrogens is 316 g/mol. The summed E-state index contributed by atoms with van der Waals surface area (Å²) in [5.41, 5.74) is -1.06. The minimum absolute atomic E-state index is 0.382. The average Bonchev–Trinajstić information content (AvgIpc) is 2.33. The van der Waals surface area contributed by atoms with Crippen LogP contribution in [0.2, 0.25) is 0 Å². The van der Waals surface area contributed by atoms with Gasteiger partial charge >= 0.3 is 5.97 Å². The van der Waals surface area contributed by atoms with Gasteiger partial charge in [-0.3, -0.25) is 14.9 Å². The fraction of sp³-hybridized carbons (Fsp3) is 0.300. The third-order valence-corrected chi connectivity index (χ3v) is 2.91. The Morgan fingerprint density at radius 2 is 2.17 bits per heavy atom. The summed E-state index contributed by atoms with van der Waals surface area (Å²) in [6.45, 7) is 0. The topological polar surface area (TPSA) is 69.4 Å². The molecule has 0 spiro atoms. The maximum atomic E-state index is 13.5. The summed E-state index contributed by atoms with van der Waals surface area (Å²) in [6, 6.07) is 1.52. The van der Waals surface area contributed by atoms with Crippen LogP contribution in [-0.4, -0.2) is 22.8 Å². The van der Waals surface area contributed by atoms with Crippen LogP contribution >= 0.6 is 15.9 Å². The normalized spacial score (nSPS) is 12.0. The molecule has 1 unspecified atom stereocenters. The first-order valence-electron chi connectivity index (χ1n) is 4.71. The largest absolute Gasteiger partial charge is 0.468 e. The van der Waals surface area contributed by atoms with E-state index < -0.39 is 38.6 Å². The molecule has 0 aromatic heterocycles. The molecule has 0 amide bonds. The SMILES string of the molecule is COC(=O)C(Br)Cc1c([N+](=O)[O-])ccc(F)c1F. The van der Waals surface area contributed by atoms with Gasteiger partial charge in [0.25, 0.3) is 5.69 Å². The van der Waals surface area contributed by atoms with Gasteiger partial charge in [0, 0.05) is 12.5 Å². The van der Waals surface area contributed by atoms with Crippen molar-refractivity contribution in [2.75, 3.05) is 7.11 Å². The van der Waals surface area contributed by atoms with Crippen LogP contribution in [-0.2, 0) is 16.0 Å². The molecule has 8 heteroatoms. The average molecular weight is 324 g/mol. The third-order valence-electron chi connectivity index (χ3n) is 2.21. The summed E-state index contributed by atoms with van der Waals surface area (Å²) < 4.78 is 30.9. The van der Waals surface area contributed by atoms with E-state index in [4.69, 9.17) is 0 Å². The third kappa shape index (κ3) is 3.00. The molecule has 0 bridgehead atoms. The Balaban J connectivity index is 3.17. The molecule has 98 valence electrons. The van der Waals surface area contributed by atoms with Crippen LogP contribution in [0.25, 0.3) is 0 Å². The fourth-order valence-electron chi connectivity index (χ4n) is 1.34. The van der Waals surface area contributed by atoms with E-state index in [0.717, 1.165) is 13.2 Å². The van der Waals surface area contributed by atoms with Gasteiger partial charge in [-0.2, -0.15) is 0 Å². The molecule has 1 rings (SSSR count). The van der Waals surface area contributed by atoms with Crippen molar-refractivity contribution in [3.8, 4) is 0 Å². The lowest BCUT2D eigenvalue weighted by molar-refractivity contribution is -0.385. The molecule has 18 heavy (non-hydrogen) atoms. The van der Waals surface area contributed by atoms with Crippen LogP contribution in [0.3, 0.4) is 0 Å². The van der Waals surface area contributed by atoms with Crippen molar-refractivity contribution in [1.29, 1.82) is 0 Å². The van der Waals surface area contributed by atoms with Crippen LogP contribution in [0, 0.1) is 21.7 Å². The van der Waals surface area contributed by atoms with Gasteiger partial charge in [-0.1, -0.05) is 15.9 Å². The second-order valence-corrected chi connectivity index (χ2v) is 4.42. The number of nitro benzene ring substituents is 1. The first-order valence-corrected chi connectivity index (χ1v) is 5.63. The monoisotopic (exact) mass is 323 g/mol. The van der Waals surface area contributed by atoms with Gasteiger partial charge < -0.3 is 4.74 Å². The van der Waals surface area contributed by atoms with E-state index in [-0.39, 0.29) is 6.42 Å². The summed E-state index contributed by atoms with van der Waals surface area (Å²) >= 11 is 2.90. The van der Waals surface area contributed by atoms with Crippen molar-refractivity contribution in [2.24, 2.45) is 0 Å².